The van der Waals surface area contributed by atoms with Crippen molar-refractivity contribution in [1.29, 1.82) is 0 Å². The number of benzene rings is 1. The van der Waals surface area contributed by atoms with Gasteiger partial charge in [-0.3, -0.25) is 14.8 Å². The van der Waals surface area contributed by atoms with Crippen molar-refractivity contribution in [2.45, 2.75) is 26.1 Å². The van der Waals surface area contributed by atoms with Crippen molar-refractivity contribution in [3.8, 4) is 0 Å². The Balaban J connectivity index is 1.51. The third-order valence-electron chi connectivity index (χ3n) is 4.29. The third-order valence-corrected chi connectivity index (χ3v) is 4.29. The quantitative estimate of drug-likeness (QED) is 0.817. The normalized spacial score (nSPS) is 16.0. The Hall–Kier alpha value is -1.78. The largest absolute Gasteiger partial charge is 0.296 e. The molecule has 1 saturated heterocycles. The summed E-state index contributed by atoms with van der Waals surface area (Å²) in [4.78, 5) is 8.93. The second kappa shape index (κ2) is 6.99. The lowest BCUT2D eigenvalue weighted by Gasteiger charge is -2.45. The Morgan fingerprint density at radius 1 is 1.18 bits per heavy atom. The zero-order valence-electron chi connectivity index (χ0n) is 13.0. The molecule has 0 N–H and O–H groups in total. The molecular formula is C18H22FN3. The predicted molar refractivity (Wildman–Crippen MR) is 85.8 cm³/mol. The summed E-state index contributed by atoms with van der Waals surface area (Å²) in [7, 11) is 0. The molecule has 0 unspecified atom stereocenters. The number of rotatable bonds is 6. The van der Waals surface area contributed by atoms with Crippen LogP contribution in [0.5, 0.6) is 0 Å². The van der Waals surface area contributed by atoms with Crippen LogP contribution in [0.15, 0.2) is 48.8 Å². The summed E-state index contributed by atoms with van der Waals surface area (Å²) in [6.07, 6.45) is 3.69. The number of aromatic nitrogens is 1. The Kier molecular flexibility index (Phi) is 4.80. The average molecular weight is 299 g/mol. The number of likely N-dealkylation sites (N-methyl/N-ethyl adjacent to an activating group) is 1. The van der Waals surface area contributed by atoms with Crippen molar-refractivity contribution in [3.63, 3.8) is 0 Å². The van der Waals surface area contributed by atoms with E-state index in [-0.39, 0.29) is 5.82 Å². The van der Waals surface area contributed by atoms with Gasteiger partial charge >= 0.3 is 0 Å². The van der Waals surface area contributed by atoms with E-state index >= 15 is 0 Å². The molecule has 1 fully saturated rings. The summed E-state index contributed by atoms with van der Waals surface area (Å²) in [5.41, 5.74) is 2.36. The van der Waals surface area contributed by atoms with Crippen LogP contribution in [0.4, 0.5) is 4.39 Å². The Labute approximate surface area is 131 Å². The zero-order valence-corrected chi connectivity index (χ0v) is 13.0. The molecule has 1 aromatic heterocycles. The molecular weight excluding hydrogens is 277 g/mol. The van der Waals surface area contributed by atoms with Gasteiger partial charge in [-0.1, -0.05) is 19.1 Å². The maximum atomic E-state index is 13.2. The Morgan fingerprint density at radius 2 is 1.95 bits per heavy atom. The molecule has 1 aromatic carbocycles. The van der Waals surface area contributed by atoms with Crippen LogP contribution in [0, 0.1) is 5.82 Å². The summed E-state index contributed by atoms with van der Waals surface area (Å²) in [6.45, 7) is 7.15. The molecule has 3 rings (SSSR count). The number of pyridine rings is 1. The molecule has 0 atom stereocenters. The summed E-state index contributed by atoms with van der Waals surface area (Å²) in [5, 5.41) is 0. The minimum absolute atomic E-state index is 0.151. The van der Waals surface area contributed by atoms with Crippen LogP contribution in [0.25, 0.3) is 0 Å². The minimum atomic E-state index is -0.151. The average Bonchev–Trinajstić information content (AvgIpc) is 2.50. The number of hydrogen-bond donors (Lipinski definition) is 0. The van der Waals surface area contributed by atoms with E-state index in [0.29, 0.717) is 6.04 Å². The van der Waals surface area contributed by atoms with Crippen LogP contribution >= 0.6 is 0 Å². The topological polar surface area (TPSA) is 19.4 Å². The molecule has 2 aromatic rings. The van der Waals surface area contributed by atoms with Crippen LogP contribution in [0.2, 0.25) is 0 Å². The molecule has 0 saturated carbocycles. The van der Waals surface area contributed by atoms with Gasteiger partial charge < -0.3 is 0 Å². The smallest absolute Gasteiger partial charge is 0.123 e. The van der Waals surface area contributed by atoms with Crippen LogP contribution in [0.1, 0.15) is 18.1 Å². The highest BCUT2D eigenvalue weighted by Gasteiger charge is 2.30. The molecule has 4 heteroatoms. The van der Waals surface area contributed by atoms with E-state index in [1.165, 1.54) is 11.6 Å². The van der Waals surface area contributed by atoms with Gasteiger partial charge in [-0.2, -0.15) is 0 Å². The van der Waals surface area contributed by atoms with Gasteiger partial charge in [0.15, 0.2) is 0 Å². The first-order valence-corrected chi connectivity index (χ1v) is 7.84. The first kappa shape index (κ1) is 15.1. The second-order valence-corrected chi connectivity index (χ2v) is 5.90. The fourth-order valence-electron chi connectivity index (χ4n) is 3.02. The first-order chi connectivity index (χ1) is 10.7. The van der Waals surface area contributed by atoms with Crippen molar-refractivity contribution >= 4 is 0 Å². The van der Waals surface area contributed by atoms with Crippen molar-refractivity contribution in [1.82, 2.24) is 14.8 Å². The van der Waals surface area contributed by atoms with Crippen molar-refractivity contribution < 1.29 is 4.39 Å². The minimum Gasteiger partial charge on any atom is -0.296 e. The SMILES string of the molecule is CCN(Cc1ccncc1)C1CN(Cc2cccc(F)c2)C1. The Bertz CT molecular complexity index is 596. The van der Waals surface area contributed by atoms with Crippen LogP contribution in [-0.2, 0) is 13.1 Å². The molecule has 116 valence electrons. The van der Waals surface area contributed by atoms with Gasteiger partial charge in [0.1, 0.15) is 5.82 Å². The fourth-order valence-corrected chi connectivity index (χ4v) is 3.02. The molecule has 2 heterocycles. The molecule has 0 aliphatic carbocycles. The highest BCUT2D eigenvalue weighted by molar-refractivity contribution is 5.17. The van der Waals surface area contributed by atoms with Crippen molar-refractivity contribution in [2.24, 2.45) is 0 Å². The molecule has 0 bridgehead atoms. The standard InChI is InChI=1S/C18H22FN3/c1-2-22(12-15-6-8-20-9-7-15)18-13-21(14-18)11-16-4-3-5-17(19)10-16/h3-10,18H,2,11-14H2,1H3. The van der Waals surface area contributed by atoms with Crippen LogP contribution in [0.3, 0.4) is 0 Å². The van der Waals surface area contributed by atoms with Gasteiger partial charge in [0.25, 0.3) is 0 Å². The number of hydrogen-bond acceptors (Lipinski definition) is 3. The molecule has 1 aliphatic heterocycles. The molecule has 1 aliphatic rings. The monoisotopic (exact) mass is 299 g/mol. The first-order valence-electron chi connectivity index (χ1n) is 7.84. The van der Waals surface area contributed by atoms with E-state index in [9.17, 15) is 4.39 Å². The van der Waals surface area contributed by atoms with E-state index in [4.69, 9.17) is 0 Å². The third kappa shape index (κ3) is 3.70. The zero-order chi connectivity index (χ0) is 15.4. The number of halogens is 1. The number of likely N-dealkylation sites (tertiary alicyclic amines) is 1. The fraction of sp³-hybridized carbons (Fsp3) is 0.389. The molecule has 0 radical (unpaired) electrons. The van der Waals surface area contributed by atoms with Gasteiger partial charge in [0.05, 0.1) is 0 Å². The second-order valence-electron chi connectivity index (χ2n) is 5.90. The summed E-state index contributed by atoms with van der Waals surface area (Å²) in [6, 6.07) is 11.6. The van der Waals surface area contributed by atoms with Gasteiger partial charge in [-0.05, 0) is 41.9 Å². The van der Waals surface area contributed by atoms with E-state index in [2.05, 4.69) is 33.8 Å². The van der Waals surface area contributed by atoms with Crippen LogP contribution < -0.4 is 0 Å². The maximum absolute atomic E-state index is 13.2. The van der Waals surface area contributed by atoms with Gasteiger partial charge in [0, 0.05) is 44.6 Å². The predicted octanol–water partition coefficient (Wildman–Crippen LogP) is 2.93. The summed E-state index contributed by atoms with van der Waals surface area (Å²) in [5.74, 6) is -0.151. The lowest BCUT2D eigenvalue weighted by molar-refractivity contribution is 0.0268. The highest BCUT2D eigenvalue weighted by atomic mass is 19.1. The van der Waals surface area contributed by atoms with Crippen molar-refractivity contribution in [3.05, 3.63) is 65.7 Å². The Morgan fingerprint density at radius 3 is 2.64 bits per heavy atom. The molecule has 3 nitrogen and oxygen atoms in total. The lowest BCUT2D eigenvalue weighted by atomic mass is 10.0. The molecule has 22 heavy (non-hydrogen) atoms. The van der Waals surface area contributed by atoms with Crippen molar-refractivity contribution in [2.75, 3.05) is 19.6 Å². The van der Waals surface area contributed by atoms with E-state index in [1.807, 2.05) is 18.5 Å². The van der Waals surface area contributed by atoms with Gasteiger partial charge in [-0.25, -0.2) is 4.39 Å². The van der Waals surface area contributed by atoms with Gasteiger partial charge in [0.2, 0.25) is 0 Å². The van der Waals surface area contributed by atoms with E-state index in [0.717, 1.165) is 38.3 Å². The lowest BCUT2D eigenvalue weighted by Crippen LogP contribution is -2.58. The highest BCUT2D eigenvalue weighted by Crippen LogP contribution is 2.20. The van der Waals surface area contributed by atoms with E-state index < -0.39 is 0 Å². The maximum Gasteiger partial charge on any atom is 0.123 e. The van der Waals surface area contributed by atoms with Crippen LogP contribution in [-0.4, -0.2) is 40.5 Å². The number of nitrogens with zero attached hydrogens (tertiary/aromatic N) is 3. The molecule has 0 amide bonds. The summed E-state index contributed by atoms with van der Waals surface area (Å²) >= 11 is 0. The van der Waals surface area contributed by atoms with Gasteiger partial charge in [-0.15, -0.1) is 0 Å². The van der Waals surface area contributed by atoms with E-state index in [1.54, 1.807) is 12.1 Å². The molecule has 0 spiro atoms. The summed E-state index contributed by atoms with van der Waals surface area (Å²) < 4.78 is 13.2.